The highest BCUT2D eigenvalue weighted by Gasteiger charge is 2.19. The zero-order chi connectivity index (χ0) is 18.8. The number of halogens is 2. The monoisotopic (exact) mass is 438 g/mol. The van der Waals surface area contributed by atoms with Crippen LogP contribution >= 0.6 is 24.8 Å². The first kappa shape index (κ1) is 23.2. The predicted molar refractivity (Wildman–Crippen MR) is 120 cm³/mol. The average Bonchev–Trinajstić information content (AvgIpc) is 3.30. The second-order valence-corrected chi connectivity index (χ2v) is 7.65. The van der Waals surface area contributed by atoms with Gasteiger partial charge in [-0.3, -0.25) is 4.79 Å². The Morgan fingerprint density at radius 3 is 2.72 bits per heavy atom. The van der Waals surface area contributed by atoms with Crippen LogP contribution in [0.3, 0.4) is 0 Å². The molecule has 7 nitrogen and oxygen atoms in total. The molecule has 0 radical (unpaired) electrons. The Kier molecular flexibility index (Phi) is 8.07. The maximum atomic E-state index is 12.6. The van der Waals surface area contributed by atoms with Crippen molar-refractivity contribution in [3.8, 4) is 0 Å². The quantitative estimate of drug-likeness (QED) is 0.632. The number of benzene rings is 1. The molecular weight excluding hydrogens is 411 g/mol. The van der Waals surface area contributed by atoms with Gasteiger partial charge in [0.15, 0.2) is 5.69 Å². The number of fused-ring (bicyclic) bond motifs is 1. The first-order chi connectivity index (χ1) is 13.1. The standard InChI is InChI=1S/C20H26N6O.2ClH/c1-14(2)12-25-10-7-15-11-16(3-4-19(15)25)22-20(27)18-13-26(24-23-18)17-5-8-21-9-6-17;;/h3-4,7,10-11,13-14,17,21H,5-6,8-9,12H2,1-2H3,(H,22,27);2*1H. The summed E-state index contributed by atoms with van der Waals surface area (Å²) in [5, 5.41) is 15.6. The summed E-state index contributed by atoms with van der Waals surface area (Å²) in [7, 11) is 0. The van der Waals surface area contributed by atoms with Crippen molar-refractivity contribution in [1.82, 2.24) is 24.9 Å². The lowest BCUT2D eigenvalue weighted by Crippen LogP contribution is -2.29. The van der Waals surface area contributed by atoms with E-state index < -0.39 is 0 Å². The van der Waals surface area contributed by atoms with Gasteiger partial charge in [-0.05, 0) is 56.1 Å². The van der Waals surface area contributed by atoms with Crippen molar-refractivity contribution < 1.29 is 4.79 Å². The Balaban J connectivity index is 0.00000150. The molecule has 3 heterocycles. The lowest BCUT2D eigenvalue weighted by molar-refractivity contribution is 0.102. The van der Waals surface area contributed by atoms with Crippen molar-refractivity contribution >= 4 is 47.3 Å². The molecule has 29 heavy (non-hydrogen) atoms. The fraction of sp³-hybridized carbons (Fsp3) is 0.450. The summed E-state index contributed by atoms with van der Waals surface area (Å²) in [4.78, 5) is 12.6. The molecule has 0 atom stereocenters. The van der Waals surface area contributed by atoms with Crippen LogP contribution in [-0.2, 0) is 6.54 Å². The minimum absolute atomic E-state index is 0. The molecule has 0 bridgehead atoms. The summed E-state index contributed by atoms with van der Waals surface area (Å²) in [6, 6.07) is 8.40. The summed E-state index contributed by atoms with van der Waals surface area (Å²) in [6.07, 6.45) is 5.87. The number of hydrogen-bond acceptors (Lipinski definition) is 4. The third-order valence-electron chi connectivity index (χ3n) is 5.02. The largest absolute Gasteiger partial charge is 0.347 e. The molecule has 0 saturated carbocycles. The summed E-state index contributed by atoms with van der Waals surface area (Å²) in [5.41, 5.74) is 2.30. The van der Waals surface area contributed by atoms with Crippen molar-refractivity contribution in [2.45, 2.75) is 39.3 Å². The first-order valence-electron chi connectivity index (χ1n) is 9.63. The summed E-state index contributed by atoms with van der Waals surface area (Å²) >= 11 is 0. The van der Waals surface area contributed by atoms with Gasteiger partial charge in [0.1, 0.15) is 0 Å². The molecule has 2 N–H and O–H groups in total. The Morgan fingerprint density at radius 2 is 2.00 bits per heavy atom. The molecule has 158 valence electrons. The smallest absolute Gasteiger partial charge is 0.277 e. The molecule has 0 unspecified atom stereocenters. The molecule has 1 saturated heterocycles. The Labute approximate surface area is 183 Å². The lowest BCUT2D eigenvalue weighted by atomic mass is 10.1. The molecule has 9 heteroatoms. The maximum absolute atomic E-state index is 12.6. The van der Waals surface area contributed by atoms with Crippen molar-refractivity contribution in [3.63, 3.8) is 0 Å². The maximum Gasteiger partial charge on any atom is 0.277 e. The Hall–Kier alpha value is -2.09. The van der Waals surface area contributed by atoms with Gasteiger partial charge in [-0.25, -0.2) is 4.68 Å². The summed E-state index contributed by atoms with van der Waals surface area (Å²) in [5.74, 6) is 0.360. The van der Waals surface area contributed by atoms with Crippen LogP contribution in [0.5, 0.6) is 0 Å². The molecule has 4 rings (SSSR count). The topological polar surface area (TPSA) is 76.8 Å². The number of carbonyl (C=O) groups is 1. The van der Waals surface area contributed by atoms with E-state index >= 15 is 0 Å². The second-order valence-electron chi connectivity index (χ2n) is 7.65. The van der Waals surface area contributed by atoms with E-state index in [1.54, 1.807) is 6.20 Å². The van der Waals surface area contributed by atoms with E-state index in [1.165, 1.54) is 5.52 Å². The van der Waals surface area contributed by atoms with Crippen LogP contribution in [0, 0.1) is 5.92 Å². The second kappa shape index (κ2) is 10.1. The zero-order valence-corrected chi connectivity index (χ0v) is 18.3. The number of amides is 1. The average molecular weight is 439 g/mol. The normalized spacial score (nSPS) is 14.4. The van der Waals surface area contributed by atoms with Gasteiger partial charge in [0.05, 0.1) is 12.2 Å². The van der Waals surface area contributed by atoms with Gasteiger partial charge in [0, 0.05) is 29.3 Å². The highest BCUT2D eigenvalue weighted by molar-refractivity contribution is 6.03. The van der Waals surface area contributed by atoms with Gasteiger partial charge < -0.3 is 15.2 Å². The lowest BCUT2D eigenvalue weighted by Gasteiger charge is -2.22. The van der Waals surface area contributed by atoms with Crippen LogP contribution in [-0.4, -0.2) is 38.6 Å². The van der Waals surface area contributed by atoms with Crippen LogP contribution in [0.1, 0.15) is 43.2 Å². The van der Waals surface area contributed by atoms with Crippen molar-refractivity contribution in [2.75, 3.05) is 18.4 Å². The Morgan fingerprint density at radius 1 is 1.24 bits per heavy atom. The summed E-state index contributed by atoms with van der Waals surface area (Å²) in [6.45, 7) is 7.34. The number of aromatic nitrogens is 4. The van der Waals surface area contributed by atoms with Gasteiger partial charge >= 0.3 is 0 Å². The van der Waals surface area contributed by atoms with Gasteiger partial charge in [-0.1, -0.05) is 19.1 Å². The van der Waals surface area contributed by atoms with E-state index in [4.69, 9.17) is 0 Å². The van der Waals surface area contributed by atoms with E-state index in [0.717, 1.165) is 43.5 Å². The fourth-order valence-electron chi connectivity index (χ4n) is 3.66. The number of piperidine rings is 1. The van der Waals surface area contributed by atoms with Crippen LogP contribution in [0.4, 0.5) is 5.69 Å². The first-order valence-corrected chi connectivity index (χ1v) is 9.63. The highest BCUT2D eigenvalue weighted by atomic mass is 35.5. The number of nitrogens with zero attached hydrogens (tertiary/aromatic N) is 4. The fourth-order valence-corrected chi connectivity index (χ4v) is 3.66. The molecular formula is C20H28Cl2N6O. The molecule has 0 aliphatic carbocycles. The van der Waals surface area contributed by atoms with Crippen molar-refractivity contribution in [1.29, 1.82) is 0 Å². The van der Waals surface area contributed by atoms with Gasteiger partial charge in [-0.15, -0.1) is 29.9 Å². The molecule has 1 fully saturated rings. The molecule has 1 aliphatic rings. The van der Waals surface area contributed by atoms with Gasteiger partial charge in [0.2, 0.25) is 0 Å². The molecule has 1 aliphatic heterocycles. The summed E-state index contributed by atoms with van der Waals surface area (Å²) < 4.78 is 4.07. The van der Waals surface area contributed by atoms with Gasteiger partial charge in [0.25, 0.3) is 5.91 Å². The number of anilines is 1. The minimum Gasteiger partial charge on any atom is -0.347 e. The van der Waals surface area contributed by atoms with Crippen molar-refractivity contribution in [3.05, 3.63) is 42.4 Å². The number of nitrogens with one attached hydrogen (secondary N) is 2. The molecule has 3 aromatic rings. The van der Waals surface area contributed by atoms with Crippen LogP contribution in [0.2, 0.25) is 0 Å². The van der Waals surface area contributed by atoms with Crippen LogP contribution in [0.25, 0.3) is 10.9 Å². The highest BCUT2D eigenvalue weighted by Crippen LogP contribution is 2.22. The van der Waals surface area contributed by atoms with E-state index in [2.05, 4.69) is 57.7 Å². The van der Waals surface area contributed by atoms with Gasteiger partial charge in [-0.2, -0.15) is 0 Å². The SMILES string of the molecule is CC(C)Cn1ccc2cc(NC(=O)c3cn(C4CCNCC4)nn3)ccc21.Cl.Cl. The minimum atomic E-state index is -0.226. The predicted octanol–water partition coefficient (Wildman–Crippen LogP) is 3.91. The molecule has 2 aromatic heterocycles. The number of rotatable bonds is 5. The van der Waals surface area contributed by atoms with E-state index in [9.17, 15) is 4.79 Å². The Bertz CT molecular complexity index is 946. The number of hydrogen-bond donors (Lipinski definition) is 2. The zero-order valence-electron chi connectivity index (χ0n) is 16.7. The molecule has 0 spiro atoms. The molecule has 1 aromatic carbocycles. The van der Waals surface area contributed by atoms with Crippen LogP contribution < -0.4 is 10.6 Å². The molecule has 1 amide bonds. The van der Waals surface area contributed by atoms with E-state index in [-0.39, 0.29) is 30.7 Å². The third-order valence-corrected chi connectivity index (χ3v) is 5.02. The van der Waals surface area contributed by atoms with E-state index in [0.29, 0.717) is 17.7 Å². The third kappa shape index (κ3) is 5.29. The van der Waals surface area contributed by atoms with Crippen molar-refractivity contribution in [2.24, 2.45) is 5.92 Å². The van der Waals surface area contributed by atoms with E-state index in [1.807, 2.05) is 16.8 Å². The van der Waals surface area contributed by atoms with Crippen LogP contribution in [0.15, 0.2) is 36.7 Å². The number of carbonyl (C=O) groups excluding carboxylic acids is 1.